The van der Waals surface area contributed by atoms with Crippen LogP contribution >= 0.6 is 11.6 Å². The second kappa shape index (κ2) is 4.76. The number of hydrogen-bond donors (Lipinski definition) is 1. The molecule has 16 heavy (non-hydrogen) atoms. The van der Waals surface area contributed by atoms with E-state index in [1.807, 2.05) is 12.1 Å². The Morgan fingerprint density at radius 1 is 1.56 bits per heavy atom. The van der Waals surface area contributed by atoms with Crippen LogP contribution in [0.1, 0.15) is 25.3 Å². The fourth-order valence-corrected chi connectivity index (χ4v) is 2.04. The molecule has 1 aromatic carbocycles. The van der Waals surface area contributed by atoms with Crippen molar-refractivity contribution in [3.05, 3.63) is 28.8 Å². The Morgan fingerprint density at radius 3 is 2.94 bits per heavy atom. The maximum absolute atomic E-state index is 8.98. The predicted octanol–water partition coefficient (Wildman–Crippen LogP) is 3.67. The molecule has 1 aliphatic rings. The van der Waals surface area contributed by atoms with E-state index < -0.39 is 0 Å². The largest absolute Gasteiger partial charge is 0.384 e. The average molecular weight is 235 g/mol. The van der Waals surface area contributed by atoms with Gasteiger partial charge in [-0.25, -0.2) is 0 Å². The highest BCUT2D eigenvalue weighted by Crippen LogP contribution is 2.36. The van der Waals surface area contributed by atoms with Crippen molar-refractivity contribution in [1.82, 2.24) is 0 Å². The number of hydrogen-bond acceptors (Lipinski definition) is 2. The zero-order valence-corrected chi connectivity index (χ0v) is 10.1. The van der Waals surface area contributed by atoms with Crippen molar-refractivity contribution in [1.29, 1.82) is 5.26 Å². The van der Waals surface area contributed by atoms with Gasteiger partial charge in [0.2, 0.25) is 0 Å². The van der Waals surface area contributed by atoms with Crippen molar-refractivity contribution in [2.75, 3.05) is 11.9 Å². The molecule has 1 atom stereocenters. The van der Waals surface area contributed by atoms with Gasteiger partial charge < -0.3 is 5.32 Å². The number of anilines is 1. The van der Waals surface area contributed by atoms with Gasteiger partial charge in [-0.05, 0) is 42.9 Å². The van der Waals surface area contributed by atoms with Crippen LogP contribution in [0.3, 0.4) is 0 Å². The predicted molar refractivity (Wildman–Crippen MR) is 66.5 cm³/mol. The first-order chi connectivity index (χ1) is 7.70. The number of rotatable bonds is 4. The quantitative estimate of drug-likeness (QED) is 0.863. The minimum atomic E-state index is 0.609. The SMILES string of the molecule is CC(CNc1ccc(Cl)cc1C#N)C1CC1. The summed E-state index contributed by atoms with van der Waals surface area (Å²) in [6.07, 6.45) is 2.71. The molecule has 2 nitrogen and oxygen atoms in total. The summed E-state index contributed by atoms with van der Waals surface area (Å²) in [6, 6.07) is 7.55. The summed E-state index contributed by atoms with van der Waals surface area (Å²) in [7, 11) is 0. The van der Waals surface area contributed by atoms with Gasteiger partial charge in [-0.3, -0.25) is 0 Å². The van der Waals surface area contributed by atoms with Crippen molar-refractivity contribution in [3.63, 3.8) is 0 Å². The molecule has 1 saturated carbocycles. The third-order valence-corrected chi connectivity index (χ3v) is 3.38. The van der Waals surface area contributed by atoms with Gasteiger partial charge >= 0.3 is 0 Å². The third kappa shape index (κ3) is 2.68. The lowest BCUT2D eigenvalue weighted by Crippen LogP contribution is -2.13. The molecular weight excluding hydrogens is 220 g/mol. The molecular formula is C13H15ClN2. The minimum Gasteiger partial charge on any atom is -0.384 e. The number of nitrogens with zero attached hydrogens (tertiary/aromatic N) is 1. The first-order valence-corrected chi connectivity index (χ1v) is 6.02. The molecule has 0 bridgehead atoms. The fraction of sp³-hybridized carbons (Fsp3) is 0.462. The first-order valence-electron chi connectivity index (χ1n) is 5.64. The van der Waals surface area contributed by atoms with Crippen LogP contribution in [0.5, 0.6) is 0 Å². The molecule has 2 rings (SSSR count). The Labute approximate surface area is 101 Å². The molecule has 0 spiro atoms. The summed E-state index contributed by atoms with van der Waals surface area (Å²) in [5, 5.41) is 12.9. The van der Waals surface area contributed by atoms with Crippen LogP contribution < -0.4 is 5.32 Å². The van der Waals surface area contributed by atoms with Crippen molar-refractivity contribution in [2.24, 2.45) is 11.8 Å². The highest BCUT2D eigenvalue weighted by molar-refractivity contribution is 6.30. The lowest BCUT2D eigenvalue weighted by molar-refractivity contribution is 0.536. The molecule has 0 radical (unpaired) electrons. The van der Waals surface area contributed by atoms with Gasteiger partial charge in [0.15, 0.2) is 0 Å². The van der Waals surface area contributed by atoms with E-state index in [4.69, 9.17) is 16.9 Å². The van der Waals surface area contributed by atoms with Crippen LogP contribution in [0.15, 0.2) is 18.2 Å². The second-order valence-electron chi connectivity index (χ2n) is 4.50. The monoisotopic (exact) mass is 234 g/mol. The summed E-state index contributed by atoms with van der Waals surface area (Å²) >= 11 is 5.84. The molecule has 3 heteroatoms. The molecule has 1 aliphatic carbocycles. The zero-order chi connectivity index (χ0) is 11.5. The Balaban J connectivity index is 2.00. The van der Waals surface area contributed by atoms with Crippen LogP contribution in [0.25, 0.3) is 0 Å². The van der Waals surface area contributed by atoms with E-state index in [1.54, 1.807) is 6.07 Å². The fourth-order valence-electron chi connectivity index (χ4n) is 1.87. The molecule has 0 heterocycles. The van der Waals surface area contributed by atoms with Crippen molar-refractivity contribution in [2.45, 2.75) is 19.8 Å². The maximum atomic E-state index is 8.98. The van der Waals surface area contributed by atoms with E-state index in [0.29, 0.717) is 16.5 Å². The summed E-state index contributed by atoms with van der Waals surface area (Å²) in [4.78, 5) is 0. The lowest BCUT2D eigenvalue weighted by atomic mass is 10.1. The van der Waals surface area contributed by atoms with Crippen LogP contribution in [0.2, 0.25) is 5.02 Å². The van der Waals surface area contributed by atoms with E-state index >= 15 is 0 Å². The molecule has 0 amide bonds. The smallest absolute Gasteiger partial charge is 0.101 e. The number of nitriles is 1. The topological polar surface area (TPSA) is 35.8 Å². The summed E-state index contributed by atoms with van der Waals surface area (Å²) < 4.78 is 0. The normalized spacial score (nSPS) is 16.6. The van der Waals surface area contributed by atoms with Gasteiger partial charge in [0.25, 0.3) is 0 Å². The Hall–Kier alpha value is -1.20. The highest BCUT2D eigenvalue weighted by Gasteiger charge is 2.27. The molecule has 0 aliphatic heterocycles. The van der Waals surface area contributed by atoms with Crippen LogP contribution in [0, 0.1) is 23.2 Å². The van der Waals surface area contributed by atoms with Crippen molar-refractivity contribution < 1.29 is 0 Å². The van der Waals surface area contributed by atoms with E-state index in [2.05, 4.69) is 18.3 Å². The number of nitrogens with one attached hydrogen (secondary N) is 1. The minimum absolute atomic E-state index is 0.609. The van der Waals surface area contributed by atoms with E-state index in [1.165, 1.54) is 12.8 Å². The zero-order valence-electron chi connectivity index (χ0n) is 9.33. The van der Waals surface area contributed by atoms with Crippen LogP contribution in [-0.4, -0.2) is 6.54 Å². The first kappa shape index (κ1) is 11.3. The molecule has 1 aromatic rings. The van der Waals surface area contributed by atoms with Gasteiger partial charge in [0.05, 0.1) is 11.3 Å². The van der Waals surface area contributed by atoms with Crippen LogP contribution in [-0.2, 0) is 0 Å². The van der Waals surface area contributed by atoms with Crippen LogP contribution in [0.4, 0.5) is 5.69 Å². The number of halogens is 1. The van der Waals surface area contributed by atoms with Crippen molar-refractivity contribution >= 4 is 17.3 Å². The third-order valence-electron chi connectivity index (χ3n) is 3.14. The molecule has 1 unspecified atom stereocenters. The molecule has 1 N–H and O–H groups in total. The van der Waals surface area contributed by atoms with Gasteiger partial charge in [0.1, 0.15) is 6.07 Å². The average Bonchev–Trinajstić information content (AvgIpc) is 3.10. The highest BCUT2D eigenvalue weighted by atomic mass is 35.5. The Bertz CT molecular complexity index is 418. The maximum Gasteiger partial charge on any atom is 0.101 e. The van der Waals surface area contributed by atoms with E-state index in [-0.39, 0.29) is 0 Å². The second-order valence-corrected chi connectivity index (χ2v) is 4.93. The molecule has 0 aromatic heterocycles. The Kier molecular flexibility index (Phi) is 3.36. The standard InChI is InChI=1S/C13H15ClN2/c1-9(10-2-3-10)8-16-13-5-4-12(14)6-11(13)7-15/h4-6,9-10,16H,2-3,8H2,1H3. The summed E-state index contributed by atoms with van der Waals surface area (Å²) in [5.74, 6) is 1.56. The molecule has 0 saturated heterocycles. The molecule has 1 fully saturated rings. The van der Waals surface area contributed by atoms with Gasteiger partial charge in [-0.1, -0.05) is 18.5 Å². The van der Waals surface area contributed by atoms with Gasteiger partial charge in [-0.2, -0.15) is 5.26 Å². The molecule has 84 valence electrons. The van der Waals surface area contributed by atoms with Gasteiger partial charge in [-0.15, -0.1) is 0 Å². The lowest BCUT2D eigenvalue weighted by Gasteiger charge is -2.13. The van der Waals surface area contributed by atoms with E-state index in [9.17, 15) is 0 Å². The van der Waals surface area contributed by atoms with E-state index in [0.717, 1.165) is 18.2 Å². The Morgan fingerprint density at radius 2 is 2.31 bits per heavy atom. The van der Waals surface area contributed by atoms with Gasteiger partial charge in [0, 0.05) is 11.6 Å². The number of benzene rings is 1. The summed E-state index contributed by atoms with van der Waals surface area (Å²) in [6.45, 7) is 3.19. The van der Waals surface area contributed by atoms with Crippen molar-refractivity contribution in [3.8, 4) is 6.07 Å². The summed E-state index contributed by atoms with van der Waals surface area (Å²) in [5.41, 5.74) is 1.51.